The van der Waals surface area contributed by atoms with Crippen LogP contribution < -0.4 is 16.0 Å². The Bertz CT molecular complexity index is 1220. The average molecular weight is 603 g/mol. The molecule has 0 spiro atoms. The number of aromatic nitrogens is 2. The number of urea groups is 1. The number of nitrogens with one attached hydrogen (secondary N) is 4. The highest BCUT2D eigenvalue weighted by Gasteiger charge is 2.45. The molecule has 0 bridgehead atoms. The zero-order chi connectivity index (χ0) is 31.1. The lowest BCUT2D eigenvalue weighted by Gasteiger charge is -2.39. The van der Waals surface area contributed by atoms with Crippen LogP contribution in [0, 0.1) is 5.92 Å². The molecule has 4 N–H and O–H groups in total. The Hall–Kier alpha value is -4.34. The molecule has 1 unspecified atom stereocenters. The summed E-state index contributed by atoms with van der Waals surface area (Å²) in [5.74, 6) is -2.83. The van der Waals surface area contributed by atoms with Crippen molar-refractivity contribution in [2.45, 2.75) is 63.7 Å². The predicted molar refractivity (Wildman–Crippen MR) is 148 cm³/mol. The van der Waals surface area contributed by atoms with Crippen LogP contribution in [0.3, 0.4) is 0 Å². The summed E-state index contributed by atoms with van der Waals surface area (Å²) in [5, 5.41) is 7.67. The van der Waals surface area contributed by atoms with Crippen molar-refractivity contribution in [3.05, 3.63) is 18.2 Å². The number of piperazine rings is 1. The molecule has 1 aromatic rings. The summed E-state index contributed by atoms with van der Waals surface area (Å²) in [6.07, 6.45) is 4.36. The zero-order valence-corrected chi connectivity index (χ0v) is 24.2. The van der Waals surface area contributed by atoms with Gasteiger partial charge in [0, 0.05) is 63.9 Å². The molecule has 234 valence electrons. The number of amides is 6. The number of hydrogen-bond donors (Lipinski definition) is 4. The van der Waals surface area contributed by atoms with E-state index in [2.05, 4.69) is 25.9 Å². The Morgan fingerprint density at radius 3 is 2.51 bits per heavy atom. The molecule has 4 rings (SSSR count). The highest BCUT2D eigenvalue weighted by Crippen LogP contribution is 2.19. The lowest BCUT2D eigenvalue weighted by Crippen LogP contribution is -2.60. The van der Waals surface area contributed by atoms with E-state index in [1.807, 2.05) is 4.90 Å². The maximum Gasteiger partial charge on any atom is 0.328 e. The minimum atomic E-state index is -1.20. The van der Waals surface area contributed by atoms with Crippen molar-refractivity contribution in [1.82, 2.24) is 40.6 Å². The van der Waals surface area contributed by atoms with Crippen molar-refractivity contribution < 1.29 is 38.3 Å². The molecule has 4 heterocycles. The molecule has 3 aliphatic rings. The predicted octanol–water partition coefficient (Wildman–Crippen LogP) is -2.06. The second-order valence-corrected chi connectivity index (χ2v) is 10.9. The van der Waals surface area contributed by atoms with Gasteiger partial charge in [0.15, 0.2) is 0 Å². The Morgan fingerprint density at radius 2 is 1.93 bits per heavy atom. The zero-order valence-electron chi connectivity index (χ0n) is 24.2. The molecule has 16 heteroatoms. The van der Waals surface area contributed by atoms with E-state index < -0.39 is 59.8 Å². The molecule has 3 aliphatic heterocycles. The van der Waals surface area contributed by atoms with Crippen molar-refractivity contribution in [1.29, 1.82) is 0 Å². The SMILES string of the molecule is CC[C@H]1NC(=O)N([C@@H](CNC=O)C(=O)N2CCN([C@H](C)C(=O)C[C@H](Cc3cnc[nH]3)C(=O)NC3CCOC3=O)CC2)C1=O. The monoisotopic (exact) mass is 602 g/mol. The largest absolute Gasteiger partial charge is 0.464 e. The molecule has 1 aromatic heterocycles. The number of nitrogens with zero attached hydrogens (tertiary/aromatic N) is 4. The first kappa shape index (κ1) is 31.6. The van der Waals surface area contributed by atoms with Gasteiger partial charge >= 0.3 is 12.0 Å². The number of ketones is 1. The number of carbonyl (C=O) groups excluding carboxylic acids is 7. The normalized spacial score (nSPS) is 22.9. The third-order valence-electron chi connectivity index (χ3n) is 8.18. The van der Waals surface area contributed by atoms with Gasteiger partial charge in [0.1, 0.15) is 23.9 Å². The van der Waals surface area contributed by atoms with Crippen LogP contribution >= 0.6 is 0 Å². The molecule has 5 atom stereocenters. The molecular weight excluding hydrogens is 564 g/mol. The van der Waals surface area contributed by atoms with Gasteiger partial charge in [-0.1, -0.05) is 6.92 Å². The minimum absolute atomic E-state index is 0.0723. The van der Waals surface area contributed by atoms with E-state index in [0.29, 0.717) is 38.0 Å². The number of cyclic esters (lactones) is 1. The van der Waals surface area contributed by atoms with Crippen molar-refractivity contribution in [3.63, 3.8) is 0 Å². The Balaban J connectivity index is 1.36. The quantitative estimate of drug-likeness (QED) is 0.104. The van der Waals surface area contributed by atoms with Gasteiger partial charge in [-0.2, -0.15) is 0 Å². The molecule has 16 nitrogen and oxygen atoms in total. The number of carbonyl (C=O) groups is 7. The molecule has 0 saturated carbocycles. The maximum absolute atomic E-state index is 13.4. The van der Waals surface area contributed by atoms with Crippen molar-refractivity contribution >= 4 is 41.9 Å². The first-order valence-corrected chi connectivity index (χ1v) is 14.4. The summed E-state index contributed by atoms with van der Waals surface area (Å²) in [5.41, 5.74) is 0.677. The molecule has 3 saturated heterocycles. The number of imide groups is 1. The van der Waals surface area contributed by atoms with Crippen LogP contribution in [0.5, 0.6) is 0 Å². The summed E-state index contributed by atoms with van der Waals surface area (Å²) >= 11 is 0. The van der Waals surface area contributed by atoms with E-state index in [1.165, 1.54) is 11.2 Å². The summed E-state index contributed by atoms with van der Waals surface area (Å²) in [6.45, 7) is 4.65. The average Bonchev–Trinajstić information content (AvgIpc) is 3.74. The van der Waals surface area contributed by atoms with Crippen LogP contribution in [0.2, 0.25) is 0 Å². The van der Waals surface area contributed by atoms with Gasteiger partial charge in [0.05, 0.1) is 24.9 Å². The minimum Gasteiger partial charge on any atom is -0.464 e. The number of H-pyrrole nitrogens is 1. The lowest BCUT2D eigenvalue weighted by molar-refractivity contribution is -0.144. The van der Waals surface area contributed by atoms with Crippen molar-refractivity contribution in [2.75, 3.05) is 39.3 Å². The van der Waals surface area contributed by atoms with E-state index in [0.717, 1.165) is 4.90 Å². The van der Waals surface area contributed by atoms with E-state index in [9.17, 15) is 33.6 Å². The highest BCUT2D eigenvalue weighted by atomic mass is 16.5. The summed E-state index contributed by atoms with van der Waals surface area (Å²) in [4.78, 5) is 99.3. The topological polar surface area (TPSA) is 203 Å². The highest BCUT2D eigenvalue weighted by molar-refractivity contribution is 6.07. The number of esters is 1. The van der Waals surface area contributed by atoms with E-state index in [1.54, 1.807) is 20.0 Å². The molecule has 6 amide bonds. The first-order chi connectivity index (χ1) is 20.6. The third kappa shape index (κ3) is 7.36. The number of hydrogen-bond acceptors (Lipinski definition) is 10. The maximum atomic E-state index is 13.4. The van der Waals surface area contributed by atoms with Gasteiger partial charge in [0.25, 0.3) is 5.91 Å². The van der Waals surface area contributed by atoms with Gasteiger partial charge in [-0.3, -0.25) is 28.9 Å². The second-order valence-electron chi connectivity index (χ2n) is 10.9. The Kier molecular flexibility index (Phi) is 10.4. The lowest BCUT2D eigenvalue weighted by atomic mass is 9.93. The smallest absolute Gasteiger partial charge is 0.328 e. The van der Waals surface area contributed by atoms with E-state index in [-0.39, 0.29) is 44.9 Å². The van der Waals surface area contributed by atoms with Crippen LogP contribution in [0.1, 0.15) is 38.8 Å². The Labute approximate surface area is 248 Å². The number of aromatic amines is 1. The number of rotatable bonds is 14. The van der Waals surface area contributed by atoms with Crippen molar-refractivity contribution in [3.8, 4) is 0 Å². The first-order valence-electron chi connectivity index (χ1n) is 14.4. The van der Waals surface area contributed by atoms with Gasteiger partial charge in [0.2, 0.25) is 18.2 Å². The number of imidazole rings is 1. The number of ether oxygens (including phenoxy) is 1. The van der Waals surface area contributed by atoms with Crippen LogP contribution in [0.25, 0.3) is 0 Å². The van der Waals surface area contributed by atoms with Crippen LogP contribution in [0.4, 0.5) is 4.79 Å². The van der Waals surface area contributed by atoms with Gasteiger partial charge < -0.3 is 30.6 Å². The Morgan fingerprint density at radius 1 is 1.19 bits per heavy atom. The van der Waals surface area contributed by atoms with Crippen LogP contribution in [-0.4, -0.2) is 130 Å². The number of Topliss-reactive ketones (excluding diaryl/α,β-unsaturated/α-hetero) is 1. The fraction of sp³-hybridized carbons (Fsp3) is 0.630. The summed E-state index contributed by atoms with van der Waals surface area (Å²) in [6, 6.07) is -3.91. The fourth-order valence-corrected chi connectivity index (χ4v) is 5.56. The standard InChI is InChI=1S/C27H38N8O8/c1-3-19-24(39)35(27(42)32-19)21(13-29-15-36)25(40)34-7-5-33(6-8-34)16(2)22(37)11-17(10-18-12-28-14-30-18)23(38)31-20-4-9-43-26(20)41/h12,14-17,19-21H,3-11,13H2,1-2H3,(H,28,30)(H,29,36)(H,31,38)(H,32,42)/t16-,17+,19-,20?,21+/m1/s1. The summed E-state index contributed by atoms with van der Waals surface area (Å²) in [7, 11) is 0. The molecule has 0 aromatic carbocycles. The molecule has 0 aliphatic carbocycles. The van der Waals surface area contributed by atoms with E-state index in [4.69, 9.17) is 4.74 Å². The molecular formula is C27H38N8O8. The fourth-order valence-electron chi connectivity index (χ4n) is 5.56. The van der Waals surface area contributed by atoms with E-state index >= 15 is 0 Å². The third-order valence-corrected chi connectivity index (χ3v) is 8.18. The van der Waals surface area contributed by atoms with Gasteiger partial charge in [-0.05, 0) is 13.3 Å². The van der Waals surface area contributed by atoms with Crippen LogP contribution in [-0.2, 0) is 39.9 Å². The van der Waals surface area contributed by atoms with Gasteiger partial charge in [-0.25, -0.2) is 19.5 Å². The molecule has 0 radical (unpaired) electrons. The molecule has 43 heavy (non-hydrogen) atoms. The molecule has 3 fully saturated rings. The van der Waals surface area contributed by atoms with Crippen molar-refractivity contribution in [2.24, 2.45) is 5.92 Å². The van der Waals surface area contributed by atoms with Crippen LogP contribution in [0.15, 0.2) is 12.5 Å². The summed E-state index contributed by atoms with van der Waals surface area (Å²) < 4.78 is 4.93. The second kappa shape index (κ2) is 14.2. The van der Waals surface area contributed by atoms with Gasteiger partial charge in [-0.15, -0.1) is 0 Å².